The van der Waals surface area contributed by atoms with E-state index in [0.717, 1.165) is 20.1 Å². The molecule has 1 aromatic carbocycles. The Morgan fingerprint density at radius 2 is 1.94 bits per heavy atom. The highest BCUT2D eigenvalue weighted by Gasteiger charge is 2.10. The minimum atomic E-state index is 0.493. The quantitative estimate of drug-likeness (QED) is 0.924. The van der Waals surface area contributed by atoms with E-state index in [-0.39, 0.29) is 0 Å². The normalized spacial score (nSPS) is 11.1. The molecule has 0 fully saturated rings. The zero-order chi connectivity index (χ0) is 12.4. The topological polar surface area (TPSA) is 38.9 Å². The summed E-state index contributed by atoms with van der Waals surface area (Å²) in [5.41, 5.74) is 9.08. The maximum Gasteiger partial charge on any atom is 0.108 e. The third-order valence-electron chi connectivity index (χ3n) is 2.66. The third kappa shape index (κ3) is 2.76. The largest absolute Gasteiger partial charge is 0.325 e. The van der Waals surface area contributed by atoms with E-state index in [1.807, 2.05) is 0 Å². The molecule has 0 saturated heterocycles. The van der Waals surface area contributed by atoms with Crippen molar-refractivity contribution in [3.8, 4) is 11.3 Å². The summed E-state index contributed by atoms with van der Waals surface area (Å²) in [6, 6.07) is 8.56. The zero-order valence-corrected chi connectivity index (χ0v) is 12.3. The number of rotatable bonds is 3. The van der Waals surface area contributed by atoms with Crippen LogP contribution < -0.4 is 5.73 Å². The van der Waals surface area contributed by atoms with Gasteiger partial charge < -0.3 is 5.73 Å². The second-order valence-corrected chi connectivity index (χ2v) is 6.61. The highest BCUT2D eigenvalue weighted by molar-refractivity contribution is 9.11. The highest BCUT2D eigenvalue weighted by atomic mass is 79.9. The Morgan fingerprint density at radius 3 is 2.41 bits per heavy atom. The van der Waals surface area contributed by atoms with E-state index in [1.165, 1.54) is 5.56 Å². The molecule has 0 amide bonds. The van der Waals surface area contributed by atoms with Crippen LogP contribution in [0.4, 0.5) is 0 Å². The Hall–Kier alpha value is -0.710. The lowest BCUT2D eigenvalue weighted by atomic mass is 10.0. The Balaban J connectivity index is 2.36. The SMILES string of the molecule is CC(C)c1ccc(-c2nc(CN)sc2Br)cc1. The van der Waals surface area contributed by atoms with Crippen molar-refractivity contribution < 1.29 is 0 Å². The molecule has 0 radical (unpaired) electrons. The Labute approximate surface area is 114 Å². The molecule has 0 bridgehead atoms. The van der Waals surface area contributed by atoms with E-state index in [2.05, 4.69) is 59.0 Å². The fraction of sp³-hybridized carbons (Fsp3) is 0.308. The van der Waals surface area contributed by atoms with Crippen LogP contribution in [0.3, 0.4) is 0 Å². The van der Waals surface area contributed by atoms with Crippen molar-refractivity contribution in [2.45, 2.75) is 26.3 Å². The maximum atomic E-state index is 5.60. The first kappa shape index (κ1) is 12.7. The average molecular weight is 311 g/mol. The van der Waals surface area contributed by atoms with Crippen molar-refractivity contribution in [1.82, 2.24) is 4.98 Å². The molecule has 0 atom stereocenters. The van der Waals surface area contributed by atoms with Gasteiger partial charge in [0.05, 0.1) is 9.48 Å². The van der Waals surface area contributed by atoms with E-state index < -0.39 is 0 Å². The Kier molecular flexibility index (Phi) is 3.97. The molecule has 0 spiro atoms. The first-order chi connectivity index (χ1) is 8.11. The van der Waals surface area contributed by atoms with Gasteiger partial charge in [-0.3, -0.25) is 0 Å². The van der Waals surface area contributed by atoms with Crippen molar-refractivity contribution in [3.63, 3.8) is 0 Å². The molecular weight excluding hydrogens is 296 g/mol. The van der Waals surface area contributed by atoms with Crippen LogP contribution in [0, 0.1) is 0 Å². The number of benzene rings is 1. The van der Waals surface area contributed by atoms with Gasteiger partial charge in [-0.1, -0.05) is 38.1 Å². The molecule has 0 aliphatic carbocycles. The summed E-state index contributed by atoms with van der Waals surface area (Å²) in [5.74, 6) is 0.558. The Bertz CT molecular complexity index is 503. The van der Waals surface area contributed by atoms with E-state index in [4.69, 9.17) is 5.73 Å². The molecule has 2 nitrogen and oxygen atoms in total. The smallest absolute Gasteiger partial charge is 0.108 e. The fourth-order valence-electron chi connectivity index (χ4n) is 1.63. The third-order valence-corrected chi connectivity index (χ3v) is 4.38. The predicted octanol–water partition coefficient (Wildman–Crippen LogP) is 4.15. The standard InChI is InChI=1S/C13H15BrN2S/c1-8(2)9-3-5-10(6-4-9)12-13(14)17-11(7-15)16-12/h3-6,8H,7,15H2,1-2H3. The summed E-state index contributed by atoms with van der Waals surface area (Å²) < 4.78 is 1.05. The number of nitrogens with two attached hydrogens (primary N) is 1. The van der Waals surface area contributed by atoms with Crippen LogP contribution in [0.2, 0.25) is 0 Å². The first-order valence-corrected chi connectivity index (χ1v) is 7.18. The summed E-state index contributed by atoms with van der Waals surface area (Å²) in [6.07, 6.45) is 0. The summed E-state index contributed by atoms with van der Waals surface area (Å²) in [7, 11) is 0. The second kappa shape index (κ2) is 5.29. The van der Waals surface area contributed by atoms with Gasteiger partial charge in [-0.15, -0.1) is 11.3 Å². The van der Waals surface area contributed by atoms with Gasteiger partial charge in [-0.2, -0.15) is 0 Å². The molecule has 0 unspecified atom stereocenters. The van der Waals surface area contributed by atoms with Crippen LogP contribution in [0.5, 0.6) is 0 Å². The van der Waals surface area contributed by atoms with Crippen LogP contribution in [0.15, 0.2) is 28.1 Å². The van der Waals surface area contributed by atoms with Crippen molar-refractivity contribution in [3.05, 3.63) is 38.6 Å². The molecule has 1 heterocycles. The number of aromatic nitrogens is 1. The molecular formula is C13H15BrN2S. The number of nitrogens with zero attached hydrogens (tertiary/aromatic N) is 1. The molecule has 2 aromatic rings. The Morgan fingerprint density at radius 1 is 1.29 bits per heavy atom. The van der Waals surface area contributed by atoms with Crippen LogP contribution in [0.1, 0.15) is 30.3 Å². The lowest BCUT2D eigenvalue weighted by molar-refractivity contribution is 0.867. The van der Waals surface area contributed by atoms with Gasteiger partial charge in [-0.05, 0) is 27.4 Å². The number of thiazole rings is 1. The minimum Gasteiger partial charge on any atom is -0.325 e. The van der Waals surface area contributed by atoms with Gasteiger partial charge in [0.2, 0.25) is 0 Å². The van der Waals surface area contributed by atoms with Gasteiger partial charge >= 0.3 is 0 Å². The first-order valence-electron chi connectivity index (χ1n) is 5.57. The van der Waals surface area contributed by atoms with Crippen molar-refractivity contribution in [2.75, 3.05) is 0 Å². The summed E-state index contributed by atoms with van der Waals surface area (Å²) >= 11 is 5.14. The summed E-state index contributed by atoms with van der Waals surface area (Å²) in [4.78, 5) is 4.52. The van der Waals surface area contributed by atoms with Crippen molar-refractivity contribution in [2.24, 2.45) is 5.73 Å². The van der Waals surface area contributed by atoms with Gasteiger partial charge in [0.15, 0.2) is 0 Å². The molecule has 1 aromatic heterocycles. The molecule has 0 saturated carbocycles. The van der Waals surface area contributed by atoms with Crippen LogP contribution in [-0.4, -0.2) is 4.98 Å². The zero-order valence-electron chi connectivity index (χ0n) is 9.90. The molecule has 2 N–H and O–H groups in total. The van der Waals surface area contributed by atoms with Gasteiger partial charge in [-0.25, -0.2) is 4.98 Å². The van der Waals surface area contributed by atoms with E-state index in [1.54, 1.807) is 11.3 Å². The lowest BCUT2D eigenvalue weighted by Crippen LogP contribution is -1.94. The van der Waals surface area contributed by atoms with Crippen LogP contribution in [-0.2, 0) is 6.54 Å². The lowest BCUT2D eigenvalue weighted by Gasteiger charge is -2.05. The molecule has 17 heavy (non-hydrogen) atoms. The summed E-state index contributed by atoms with van der Waals surface area (Å²) in [6.45, 7) is 4.88. The number of hydrogen-bond donors (Lipinski definition) is 1. The summed E-state index contributed by atoms with van der Waals surface area (Å²) in [5, 5.41) is 0.958. The van der Waals surface area contributed by atoms with E-state index >= 15 is 0 Å². The number of halogens is 1. The molecule has 0 aliphatic heterocycles. The maximum absolute atomic E-state index is 5.60. The van der Waals surface area contributed by atoms with Crippen LogP contribution >= 0.6 is 27.3 Å². The van der Waals surface area contributed by atoms with Gasteiger partial charge in [0, 0.05) is 12.1 Å². The fourth-order valence-corrected chi connectivity index (χ4v) is 3.20. The highest BCUT2D eigenvalue weighted by Crippen LogP contribution is 2.33. The minimum absolute atomic E-state index is 0.493. The molecule has 0 aliphatic rings. The number of hydrogen-bond acceptors (Lipinski definition) is 3. The van der Waals surface area contributed by atoms with Crippen molar-refractivity contribution in [1.29, 1.82) is 0 Å². The molecule has 2 rings (SSSR count). The molecule has 90 valence electrons. The van der Waals surface area contributed by atoms with Gasteiger partial charge in [0.1, 0.15) is 5.01 Å². The van der Waals surface area contributed by atoms with Crippen molar-refractivity contribution >= 4 is 27.3 Å². The predicted molar refractivity (Wildman–Crippen MR) is 77.2 cm³/mol. The van der Waals surface area contributed by atoms with E-state index in [9.17, 15) is 0 Å². The second-order valence-electron chi connectivity index (χ2n) is 4.21. The average Bonchev–Trinajstić information content (AvgIpc) is 2.71. The monoisotopic (exact) mass is 310 g/mol. The van der Waals surface area contributed by atoms with E-state index in [0.29, 0.717) is 12.5 Å². The van der Waals surface area contributed by atoms with Gasteiger partial charge in [0.25, 0.3) is 0 Å². The molecule has 4 heteroatoms. The van der Waals surface area contributed by atoms with Crippen LogP contribution in [0.25, 0.3) is 11.3 Å².